The molecule has 2 atom stereocenters. The molecule has 1 aliphatic heterocycles. The molecular weight excluding hydrogens is 152 g/mol. The first-order valence-corrected chi connectivity index (χ1v) is 5.32. The molecule has 1 saturated heterocycles. The lowest BCUT2D eigenvalue weighted by Gasteiger charge is -2.22. The predicted octanol–water partition coefficient (Wildman–Crippen LogP) is 3.56. The highest BCUT2D eigenvalue weighted by molar-refractivity contribution is 8.07. The third kappa shape index (κ3) is 2.14. The number of hydrogen-bond acceptors (Lipinski definition) is 1. The summed E-state index contributed by atoms with van der Waals surface area (Å²) in [7, 11) is 0. The van der Waals surface area contributed by atoms with Gasteiger partial charge in [0.2, 0.25) is 0 Å². The van der Waals surface area contributed by atoms with Crippen LogP contribution in [0.4, 0.5) is 0 Å². The molecule has 0 N–H and O–H groups in total. The van der Waals surface area contributed by atoms with Gasteiger partial charge < -0.3 is 0 Å². The van der Waals surface area contributed by atoms with E-state index in [9.17, 15) is 0 Å². The Labute approximate surface area is 75.1 Å². The van der Waals surface area contributed by atoms with Crippen LogP contribution >= 0.6 is 11.8 Å². The maximum Gasteiger partial charge on any atom is 0.0223 e. The van der Waals surface area contributed by atoms with Crippen molar-refractivity contribution in [2.75, 3.05) is 0 Å². The van der Waals surface area contributed by atoms with Gasteiger partial charge in [-0.1, -0.05) is 41.5 Å². The van der Waals surface area contributed by atoms with Gasteiger partial charge >= 0.3 is 0 Å². The van der Waals surface area contributed by atoms with Gasteiger partial charge in [0.1, 0.15) is 0 Å². The molecule has 1 heterocycles. The molecule has 1 rings (SSSR count). The van der Waals surface area contributed by atoms with Gasteiger partial charge in [-0.15, -0.1) is 0 Å². The smallest absolute Gasteiger partial charge is 0.0223 e. The van der Waals surface area contributed by atoms with Crippen molar-refractivity contribution >= 4 is 11.8 Å². The lowest BCUT2D eigenvalue weighted by molar-refractivity contribution is 0.335. The largest absolute Gasteiger partial charge is 0.152 e. The minimum atomic E-state index is 0.503. The summed E-state index contributed by atoms with van der Waals surface area (Å²) in [5.41, 5.74) is 1.01. The molecule has 0 nitrogen and oxygen atoms in total. The molecule has 1 heteroatoms. The van der Waals surface area contributed by atoms with Crippen LogP contribution < -0.4 is 0 Å². The third-order valence-corrected chi connectivity index (χ3v) is 4.43. The van der Waals surface area contributed by atoms with Gasteiger partial charge in [-0.2, -0.15) is 11.8 Å². The van der Waals surface area contributed by atoms with Crippen LogP contribution in [0, 0.1) is 10.8 Å². The van der Waals surface area contributed by atoms with E-state index in [0.29, 0.717) is 10.8 Å². The van der Waals surface area contributed by atoms with Crippen molar-refractivity contribution in [2.24, 2.45) is 10.8 Å². The van der Waals surface area contributed by atoms with Crippen molar-refractivity contribution < 1.29 is 0 Å². The molecular formula is C10H20S. The molecule has 0 aromatic carbocycles. The van der Waals surface area contributed by atoms with Crippen molar-refractivity contribution in [2.45, 2.75) is 52.0 Å². The highest BCUT2D eigenvalue weighted by Gasteiger charge is 2.51. The van der Waals surface area contributed by atoms with Gasteiger partial charge in [0.05, 0.1) is 0 Å². The van der Waals surface area contributed by atoms with Crippen molar-refractivity contribution in [1.29, 1.82) is 0 Å². The molecule has 0 aromatic heterocycles. The molecule has 0 aliphatic carbocycles. The molecule has 0 radical (unpaired) electrons. The third-order valence-electron chi connectivity index (χ3n) is 2.20. The highest BCUT2D eigenvalue weighted by Crippen LogP contribution is 2.58. The standard InChI is InChI=1S/C10H20S/c1-9(2,3)7-8(11-7)10(4,5)6/h7-8H,1-6H3/t7-,8?/m1/s1. The topological polar surface area (TPSA) is 0 Å². The normalized spacial score (nSPS) is 32.2. The van der Waals surface area contributed by atoms with Crippen molar-refractivity contribution in [3.63, 3.8) is 0 Å². The van der Waals surface area contributed by atoms with E-state index in [-0.39, 0.29) is 0 Å². The van der Waals surface area contributed by atoms with Gasteiger partial charge in [0, 0.05) is 10.5 Å². The zero-order valence-corrected chi connectivity index (χ0v) is 9.38. The Hall–Kier alpha value is 0.350. The van der Waals surface area contributed by atoms with Crippen LogP contribution in [0.3, 0.4) is 0 Å². The monoisotopic (exact) mass is 172 g/mol. The summed E-state index contributed by atoms with van der Waals surface area (Å²) in [6.45, 7) is 14.1. The summed E-state index contributed by atoms with van der Waals surface area (Å²) in [5.74, 6) is 0. The van der Waals surface area contributed by atoms with Crippen molar-refractivity contribution in [1.82, 2.24) is 0 Å². The average molecular weight is 172 g/mol. The summed E-state index contributed by atoms with van der Waals surface area (Å²) in [5, 5.41) is 1.78. The molecule has 1 unspecified atom stereocenters. The zero-order chi connectivity index (χ0) is 8.86. The van der Waals surface area contributed by atoms with E-state index in [1.165, 1.54) is 0 Å². The Morgan fingerprint density at radius 3 is 1.09 bits per heavy atom. The van der Waals surface area contributed by atoms with E-state index in [1.54, 1.807) is 0 Å². The predicted molar refractivity (Wildman–Crippen MR) is 54.1 cm³/mol. The van der Waals surface area contributed by atoms with E-state index < -0.39 is 0 Å². The molecule has 1 aliphatic rings. The van der Waals surface area contributed by atoms with Crippen LogP contribution in [-0.2, 0) is 0 Å². The van der Waals surface area contributed by atoms with E-state index in [4.69, 9.17) is 0 Å². The fourth-order valence-corrected chi connectivity index (χ4v) is 3.29. The fraction of sp³-hybridized carbons (Fsp3) is 1.00. The van der Waals surface area contributed by atoms with Gasteiger partial charge in [0.25, 0.3) is 0 Å². The van der Waals surface area contributed by atoms with Crippen molar-refractivity contribution in [3.05, 3.63) is 0 Å². The molecule has 11 heavy (non-hydrogen) atoms. The van der Waals surface area contributed by atoms with Crippen LogP contribution in [0.2, 0.25) is 0 Å². The summed E-state index contributed by atoms with van der Waals surface area (Å²) < 4.78 is 0. The van der Waals surface area contributed by atoms with Crippen LogP contribution in [-0.4, -0.2) is 10.5 Å². The zero-order valence-electron chi connectivity index (χ0n) is 8.56. The van der Waals surface area contributed by atoms with E-state index in [2.05, 4.69) is 53.3 Å². The second kappa shape index (κ2) is 2.42. The summed E-state index contributed by atoms with van der Waals surface area (Å²) in [4.78, 5) is 0. The van der Waals surface area contributed by atoms with Gasteiger partial charge in [-0.05, 0) is 10.8 Å². The number of hydrogen-bond donors (Lipinski definition) is 0. The van der Waals surface area contributed by atoms with Crippen LogP contribution in [0.1, 0.15) is 41.5 Å². The molecule has 66 valence electrons. The molecule has 0 amide bonds. The number of rotatable bonds is 0. The van der Waals surface area contributed by atoms with Gasteiger partial charge in [0.15, 0.2) is 0 Å². The van der Waals surface area contributed by atoms with Crippen molar-refractivity contribution in [3.8, 4) is 0 Å². The average Bonchev–Trinajstić information content (AvgIpc) is 2.30. The maximum atomic E-state index is 2.34. The first-order valence-electron chi connectivity index (χ1n) is 4.38. The Balaban J connectivity index is 2.51. The highest BCUT2D eigenvalue weighted by atomic mass is 32.2. The Morgan fingerprint density at radius 1 is 0.727 bits per heavy atom. The SMILES string of the molecule is CC(C)(C)C1S[C@H]1C(C)(C)C. The molecule has 0 bridgehead atoms. The summed E-state index contributed by atoms with van der Waals surface area (Å²) >= 11 is 2.15. The Kier molecular flexibility index (Phi) is 2.07. The summed E-state index contributed by atoms with van der Waals surface area (Å²) in [6.07, 6.45) is 0. The second-order valence-corrected chi connectivity index (χ2v) is 7.00. The van der Waals surface area contributed by atoms with Crippen LogP contribution in [0.25, 0.3) is 0 Å². The minimum Gasteiger partial charge on any atom is -0.152 e. The lowest BCUT2D eigenvalue weighted by atomic mass is 9.81. The van der Waals surface area contributed by atoms with E-state index in [0.717, 1.165) is 10.5 Å². The lowest BCUT2D eigenvalue weighted by Crippen LogP contribution is -2.23. The first-order chi connectivity index (χ1) is 4.73. The Bertz CT molecular complexity index is 129. The van der Waals surface area contributed by atoms with Crippen LogP contribution in [0.15, 0.2) is 0 Å². The second-order valence-electron chi connectivity index (χ2n) is 5.71. The molecule has 1 fully saturated rings. The summed E-state index contributed by atoms with van der Waals surface area (Å²) in [6, 6.07) is 0. The first kappa shape index (κ1) is 9.44. The van der Waals surface area contributed by atoms with Gasteiger partial charge in [-0.25, -0.2) is 0 Å². The van der Waals surface area contributed by atoms with Crippen LogP contribution in [0.5, 0.6) is 0 Å². The quantitative estimate of drug-likeness (QED) is 0.503. The molecule has 0 saturated carbocycles. The molecule has 0 aromatic rings. The van der Waals surface area contributed by atoms with E-state index >= 15 is 0 Å². The maximum absolute atomic E-state index is 2.34. The number of thioether (sulfide) groups is 1. The Morgan fingerprint density at radius 2 is 1.00 bits per heavy atom. The fourth-order valence-electron chi connectivity index (χ4n) is 1.43. The molecule has 0 spiro atoms. The van der Waals surface area contributed by atoms with Gasteiger partial charge in [-0.3, -0.25) is 0 Å². The van der Waals surface area contributed by atoms with E-state index in [1.807, 2.05) is 0 Å². The minimum absolute atomic E-state index is 0.503.